The molecule has 1 rings (SSSR count). The summed E-state index contributed by atoms with van der Waals surface area (Å²) in [6, 6.07) is 0. The maximum absolute atomic E-state index is 11.5. The molecule has 2 N–H and O–H groups in total. The number of nitrogens with zero attached hydrogens (tertiary/aromatic N) is 2. The Hall–Kier alpha value is -1.52. The van der Waals surface area contributed by atoms with E-state index >= 15 is 0 Å². The Kier molecular flexibility index (Phi) is 2.89. The van der Waals surface area contributed by atoms with E-state index < -0.39 is 0 Å². The van der Waals surface area contributed by atoms with Crippen molar-refractivity contribution >= 4 is 11.7 Å². The molecule has 0 aliphatic carbocycles. The van der Waals surface area contributed by atoms with Gasteiger partial charge in [-0.3, -0.25) is 4.79 Å². The van der Waals surface area contributed by atoms with Crippen LogP contribution in [0.15, 0.2) is 16.9 Å². The molecule has 72 valence electrons. The fourth-order valence-corrected chi connectivity index (χ4v) is 1.01. The normalized spacial score (nSPS) is 16.5. The van der Waals surface area contributed by atoms with Crippen LogP contribution < -0.4 is 5.73 Å². The van der Waals surface area contributed by atoms with Gasteiger partial charge in [0.05, 0.1) is 6.61 Å². The summed E-state index contributed by atoms with van der Waals surface area (Å²) in [5.41, 5.74) is 5.33. The number of hydrazone groups is 1. The van der Waals surface area contributed by atoms with Crippen LogP contribution in [0.25, 0.3) is 0 Å². The molecule has 13 heavy (non-hydrogen) atoms. The van der Waals surface area contributed by atoms with Crippen LogP contribution in [-0.2, 0) is 9.53 Å². The van der Waals surface area contributed by atoms with Crippen LogP contribution in [0.3, 0.4) is 0 Å². The van der Waals surface area contributed by atoms with Gasteiger partial charge < -0.3 is 10.5 Å². The topological polar surface area (TPSA) is 67.9 Å². The first-order valence-electron chi connectivity index (χ1n) is 4.03. The minimum atomic E-state index is -0.262. The third kappa shape index (κ3) is 2.47. The van der Waals surface area contributed by atoms with Crippen LogP contribution in [0, 0.1) is 0 Å². The Morgan fingerprint density at radius 2 is 2.46 bits per heavy atom. The summed E-state index contributed by atoms with van der Waals surface area (Å²) in [6.07, 6.45) is 2.53. The van der Waals surface area contributed by atoms with Crippen LogP contribution in [0.1, 0.15) is 13.3 Å². The number of ether oxygens (including phenoxy) is 1. The van der Waals surface area contributed by atoms with Gasteiger partial charge in [-0.25, -0.2) is 5.01 Å². The number of carbonyl (C=O) groups excluding carboxylic acids is 1. The van der Waals surface area contributed by atoms with Crippen LogP contribution in [0.5, 0.6) is 0 Å². The summed E-state index contributed by atoms with van der Waals surface area (Å²) in [6.45, 7) is 2.19. The zero-order valence-electron chi connectivity index (χ0n) is 7.78. The van der Waals surface area contributed by atoms with E-state index in [4.69, 9.17) is 10.5 Å². The second kappa shape index (κ2) is 3.93. The molecule has 0 saturated heterocycles. The average molecular weight is 183 g/mol. The zero-order valence-corrected chi connectivity index (χ0v) is 7.78. The van der Waals surface area contributed by atoms with Gasteiger partial charge in [0.1, 0.15) is 5.84 Å². The molecule has 1 aliphatic heterocycles. The Morgan fingerprint density at radius 3 is 2.92 bits per heavy atom. The highest BCUT2D eigenvalue weighted by atomic mass is 16.5. The molecule has 5 heteroatoms. The molecule has 0 aromatic rings. The third-order valence-corrected chi connectivity index (χ3v) is 1.52. The number of amidine groups is 1. The summed E-state index contributed by atoms with van der Waals surface area (Å²) in [5.74, 6) is 0.434. The lowest BCUT2D eigenvalue weighted by Crippen LogP contribution is -2.26. The van der Waals surface area contributed by atoms with Gasteiger partial charge in [0.25, 0.3) is 0 Å². The van der Waals surface area contributed by atoms with E-state index in [1.54, 1.807) is 20.0 Å². The van der Waals surface area contributed by atoms with Crippen molar-refractivity contribution in [3.8, 4) is 0 Å². The molecule has 1 heterocycles. The molecule has 1 amide bonds. The smallest absolute Gasteiger partial charge is 0.308 e. The molecular weight excluding hydrogens is 170 g/mol. The van der Waals surface area contributed by atoms with E-state index in [1.165, 1.54) is 5.01 Å². The number of rotatable bonds is 2. The van der Waals surface area contributed by atoms with Crippen molar-refractivity contribution in [1.82, 2.24) is 5.01 Å². The molecule has 0 radical (unpaired) electrons. The van der Waals surface area contributed by atoms with Gasteiger partial charge in [0.2, 0.25) is 0 Å². The molecule has 0 aromatic heterocycles. The van der Waals surface area contributed by atoms with Gasteiger partial charge in [0, 0.05) is 13.5 Å². The second-order valence-electron chi connectivity index (χ2n) is 2.78. The van der Waals surface area contributed by atoms with Crippen LogP contribution >= 0.6 is 0 Å². The largest absolute Gasteiger partial charge is 0.488 e. The zero-order chi connectivity index (χ0) is 9.84. The first-order chi connectivity index (χ1) is 6.11. The van der Waals surface area contributed by atoms with Crippen LogP contribution in [0.4, 0.5) is 0 Å². The number of hydrogen-bond donors (Lipinski definition) is 1. The average Bonchev–Trinajstić information content (AvgIpc) is 2.53. The fourth-order valence-electron chi connectivity index (χ4n) is 1.01. The molecule has 1 aliphatic rings. The lowest BCUT2D eigenvalue weighted by molar-refractivity contribution is -0.129. The van der Waals surface area contributed by atoms with Crippen molar-refractivity contribution in [3.05, 3.63) is 11.8 Å². The first-order valence-corrected chi connectivity index (χ1v) is 4.03. The highest BCUT2D eigenvalue weighted by molar-refractivity contribution is 5.92. The highest BCUT2D eigenvalue weighted by Gasteiger charge is 2.18. The number of carbonyl (C=O) groups is 1. The quantitative estimate of drug-likeness (QED) is 0.373. The number of amides is 1. The SMILES string of the molecule is C/C(N)=N\N(C)C(=O)C1=CCCO1. The van der Waals surface area contributed by atoms with Gasteiger partial charge in [0.15, 0.2) is 5.76 Å². The number of nitrogens with two attached hydrogens (primary N) is 1. The number of likely N-dealkylation sites (N-methyl/N-ethyl adjacent to an activating group) is 1. The number of hydrogen-bond acceptors (Lipinski definition) is 3. The summed E-state index contributed by atoms with van der Waals surface area (Å²) in [7, 11) is 1.54. The summed E-state index contributed by atoms with van der Waals surface area (Å²) >= 11 is 0. The van der Waals surface area contributed by atoms with Crippen molar-refractivity contribution in [1.29, 1.82) is 0 Å². The van der Waals surface area contributed by atoms with Gasteiger partial charge in [-0.15, -0.1) is 0 Å². The van der Waals surface area contributed by atoms with E-state index in [-0.39, 0.29) is 5.91 Å². The van der Waals surface area contributed by atoms with Crippen LogP contribution in [0.2, 0.25) is 0 Å². The fraction of sp³-hybridized carbons (Fsp3) is 0.500. The minimum Gasteiger partial charge on any atom is -0.488 e. The molecule has 0 atom stereocenters. The van der Waals surface area contributed by atoms with E-state index in [9.17, 15) is 4.79 Å². The molecule has 0 fully saturated rings. The predicted octanol–water partition coefficient (Wildman–Crippen LogP) is 0.0411. The van der Waals surface area contributed by atoms with Crippen LogP contribution in [-0.4, -0.2) is 30.4 Å². The van der Waals surface area contributed by atoms with Gasteiger partial charge in [-0.05, 0) is 13.0 Å². The maximum Gasteiger partial charge on any atom is 0.308 e. The molecule has 5 nitrogen and oxygen atoms in total. The van der Waals surface area contributed by atoms with Gasteiger partial charge in [-0.2, -0.15) is 5.10 Å². The van der Waals surface area contributed by atoms with E-state index in [0.717, 1.165) is 6.42 Å². The standard InChI is InChI=1S/C8H13N3O2/c1-6(9)10-11(2)8(12)7-4-3-5-13-7/h4H,3,5H2,1-2H3,(H2,9,10). The Bertz CT molecular complexity index is 267. The molecule has 0 aromatic carbocycles. The predicted molar refractivity (Wildman–Crippen MR) is 48.7 cm³/mol. The highest BCUT2D eigenvalue weighted by Crippen LogP contribution is 2.11. The van der Waals surface area contributed by atoms with Crippen molar-refractivity contribution < 1.29 is 9.53 Å². The lowest BCUT2D eigenvalue weighted by atomic mass is 10.4. The second-order valence-corrected chi connectivity index (χ2v) is 2.78. The van der Waals surface area contributed by atoms with E-state index in [0.29, 0.717) is 18.2 Å². The molecule has 0 bridgehead atoms. The monoisotopic (exact) mass is 183 g/mol. The Balaban J connectivity index is 2.62. The minimum absolute atomic E-state index is 0.262. The summed E-state index contributed by atoms with van der Waals surface area (Å²) in [4.78, 5) is 11.5. The van der Waals surface area contributed by atoms with Crippen molar-refractivity contribution in [3.63, 3.8) is 0 Å². The van der Waals surface area contributed by atoms with E-state index in [2.05, 4.69) is 5.10 Å². The third-order valence-electron chi connectivity index (χ3n) is 1.52. The van der Waals surface area contributed by atoms with Crippen molar-refractivity contribution in [2.75, 3.05) is 13.7 Å². The summed E-state index contributed by atoms with van der Waals surface area (Å²) in [5, 5.41) is 4.95. The summed E-state index contributed by atoms with van der Waals surface area (Å²) < 4.78 is 5.08. The Morgan fingerprint density at radius 1 is 1.77 bits per heavy atom. The Labute approximate surface area is 76.8 Å². The molecular formula is C8H13N3O2. The lowest BCUT2D eigenvalue weighted by Gasteiger charge is -2.11. The molecule has 0 saturated carbocycles. The van der Waals surface area contributed by atoms with Crippen molar-refractivity contribution in [2.24, 2.45) is 10.8 Å². The first kappa shape index (κ1) is 9.57. The van der Waals surface area contributed by atoms with Gasteiger partial charge in [-0.1, -0.05) is 0 Å². The van der Waals surface area contributed by atoms with Gasteiger partial charge >= 0.3 is 5.91 Å². The maximum atomic E-state index is 11.5. The van der Waals surface area contributed by atoms with Crippen molar-refractivity contribution in [2.45, 2.75) is 13.3 Å². The molecule has 0 spiro atoms. The van der Waals surface area contributed by atoms with E-state index in [1.807, 2.05) is 0 Å². The molecule has 0 unspecified atom stereocenters.